The van der Waals surface area contributed by atoms with Crippen LogP contribution in [0.2, 0.25) is 0 Å². The van der Waals surface area contributed by atoms with Gasteiger partial charge < -0.3 is 15.2 Å². The molecule has 4 rings (SSSR count). The van der Waals surface area contributed by atoms with Crippen LogP contribution in [-0.4, -0.2) is 28.7 Å². The summed E-state index contributed by atoms with van der Waals surface area (Å²) >= 11 is 0. The van der Waals surface area contributed by atoms with Crippen molar-refractivity contribution in [1.29, 1.82) is 0 Å². The number of aromatic nitrogens is 2. The van der Waals surface area contributed by atoms with Gasteiger partial charge in [-0.1, -0.05) is 30.3 Å². The third-order valence-electron chi connectivity index (χ3n) is 5.30. The highest BCUT2D eigenvalue weighted by Gasteiger charge is 2.16. The fourth-order valence-electron chi connectivity index (χ4n) is 3.72. The molecule has 0 aliphatic heterocycles. The number of aryl methyl sites for hydroxylation is 1. The van der Waals surface area contributed by atoms with E-state index in [0.29, 0.717) is 42.1 Å². The van der Waals surface area contributed by atoms with Crippen LogP contribution in [0.1, 0.15) is 23.7 Å². The minimum absolute atomic E-state index is 0.183. The Labute approximate surface area is 191 Å². The van der Waals surface area contributed by atoms with Gasteiger partial charge in [-0.2, -0.15) is 0 Å². The Bertz CT molecular complexity index is 1330. The number of hydrogen-bond donors (Lipinski definition) is 1. The van der Waals surface area contributed by atoms with E-state index in [9.17, 15) is 9.59 Å². The molecule has 0 unspecified atom stereocenters. The lowest BCUT2D eigenvalue weighted by Gasteiger charge is -2.15. The average Bonchev–Trinajstić information content (AvgIpc) is 2.85. The molecule has 7 nitrogen and oxygen atoms in total. The van der Waals surface area contributed by atoms with Crippen LogP contribution in [0.5, 0.6) is 5.75 Å². The molecular formula is C26H25N3O4. The molecule has 0 radical (unpaired) electrons. The number of ether oxygens (including phenoxy) is 2. The maximum absolute atomic E-state index is 12.8. The van der Waals surface area contributed by atoms with Crippen molar-refractivity contribution in [2.75, 3.05) is 18.9 Å². The van der Waals surface area contributed by atoms with E-state index >= 15 is 0 Å². The van der Waals surface area contributed by atoms with Gasteiger partial charge in [-0.05, 0) is 48.9 Å². The van der Waals surface area contributed by atoms with Crippen LogP contribution < -0.4 is 16.0 Å². The van der Waals surface area contributed by atoms with E-state index in [4.69, 9.17) is 15.2 Å². The minimum atomic E-state index is -0.352. The van der Waals surface area contributed by atoms with E-state index < -0.39 is 0 Å². The Morgan fingerprint density at radius 3 is 2.64 bits per heavy atom. The number of nitrogens with zero attached hydrogens (tertiary/aromatic N) is 2. The number of benzene rings is 2. The quantitative estimate of drug-likeness (QED) is 0.322. The standard InChI is InChI=1S/C26H25N3O4/c1-2-29-24-21(13-7-14-28-24)22(23(27)25(29)30)19-11-6-12-20(17-19)32-15-8-16-33-26(31)18-9-4-3-5-10-18/h3-7,9-14,17H,2,8,15-16,27H2,1H3. The molecule has 0 spiro atoms. The molecule has 168 valence electrons. The van der Waals surface area contributed by atoms with Gasteiger partial charge >= 0.3 is 5.97 Å². The van der Waals surface area contributed by atoms with E-state index in [-0.39, 0.29) is 23.8 Å². The molecule has 0 bridgehead atoms. The Morgan fingerprint density at radius 1 is 1.03 bits per heavy atom. The molecule has 0 saturated heterocycles. The van der Waals surface area contributed by atoms with Crippen LogP contribution in [0.15, 0.2) is 77.7 Å². The first-order valence-electron chi connectivity index (χ1n) is 10.8. The SMILES string of the molecule is CCn1c(=O)c(N)c(-c2cccc(OCCCOC(=O)c3ccccc3)c2)c2cccnc21. The molecule has 0 aliphatic rings. The van der Waals surface area contributed by atoms with Crippen molar-refractivity contribution in [2.45, 2.75) is 19.9 Å². The van der Waals surface area contributed by atoms with E-state index in [1.54, 1.807) is 35.0 Å². The lowest BCUT2D eigenvalue weighted by atomic mass is 10.0. The van der Waals surface area contributed by atoms with Crippen LogP contribution >= 0.6 is 0 Å². The molecule has 2 N–H and O–H groups in total. The van der Waals surface area contributed by atoms with Crippen LogP contribution in [0.3, 0.4) is 0 Å². The lowest BCUT2D eigenvalue weighted by molar-refractivity contribution is 0.0486. The number of fused-ring (bicyclic) bond motifs is 1. The van der Waals surface area contributed by atoms with Gasteiger partial charge in [-0.3, -0.25) is 9.36 Å². The number of pyridine rings is 2. The van der Waals surface area contributed by atoms with Crippen LogP contribution in [0.25, 0.3) is 22.2 Å². The summed E-state index contributed by atoms with van der Waals surface area (Å²) in [5, 5.41) is 0.807. The van der Waals surface area contributed by atoms with E-state index in [2.05, 4.69) is 4.98 Å². The number of rotatable bonds is 8. The van der Waals surface area contributed by atoms with Gasteiger partial charge in [-0.15, -0.1) is 0 Å². The molecule has 33 heavy (non-hydrogen) atoms. The van der Waals surface area contributed by atoms with Crippen LogP contribution in [0, 0.1) is 0 Å². The van der Waals surface area contributed by atoms with Crippen molar-refractivity contribution in [3.05, 3.63) is 88.8 Å². The first kappa shape index (κ1) is 22.1. The molecular weight excluding hydrogens is 418 g/mol. The van der Waals surface area contributed by atoms with Gasteiger partial charge in [-0.25, -0.2) is 9.78 Å². The molecule has 0 aliphatic carbocycles. The lowest BCUT2D eigenvalue weighted by Crippen LogP contribution is -2.24. The van der Waals surface area contributed by atoms with Crippen molar-refractivity contribution in [3.8, 4) is 16.9 Å². The van der Waals surface area contributed by atoms with Crippen LogP contribution in [-0.2, 0) is 11.3 Å². The summed E-state index contributed by atoms with van der Waals surface area (Å²) in [6.07, 6.45) is 2.21. The number of nitrogen functional groups attached to an aromatic ring is 1. The number of nitrogens with two attached hydrogens (primary N) is 1. The molecule has 2 heterocycles. The minimum Gasteiger partial charge on any atom is -0.493 e. The fourth-order valence-corrected chi connectivity index (χ4v) is 3.72. The van der Waals surface area contributed by atoms with E-state index in [1.807, 2.05) is 49.4 Å². The maximum atomic E-state index is 12.8. The summed E-state index contributed by atoms with van der Waals surface area (Å²) in [6, 6.07) is 20.0. The largest absolute Gasteiger partial charge is 0.493 e. The number of carbonyl (C=O) groups excluding carboxylic acids is 1. The number of hydrogen-bond acceptors (Lipinski definition) is 6. The summed E-state index contributed by atoms with van der Waals surface area (Å²) in [7, 11) is 0. The van der Waals surface area contributed by atoms with E-state index in [1.165, 1.54) is 0 Å². The van der Waals surface area contributed by atoms with Gasteiger partial charge in [0.1, 0.15) is 17.1 Å². The van der Waals surface area contributed by atoms with Crippen molar-refractivity contribution in [1.82, 2.24) is 9.55 Å². The molecule has 2 aromatic carbocycles. The van der Waals surface area contributed by atoms with Crippen molar-refractivity contribution >= 4 is 22.7 Å². The molecule has 0 saturated carbocycles. The number of carbonyl (C=O) groups is 1. The maximum Gasteiger partial charge on any atom is 0.338 e. The second kappa shape index (κ2) is 9.99. The second-order valence-electron chi connectivity index (χ2n) is 7.44. The highest BCUT2D eigenvalue weighted by molar-refractivity contribution is 5.99. The monoisotopic (exact) mass is 443 g/mol. The Kier molecular flexibility index (Phi) is 6.69. The first-order chi connectivity index (χ1) is 16.1. The van der Waals surface area contributed by atoms with Gasteiger partial charge in [0, 0.05) is 30.1 Å². The van der Waals surface area contributed by atoms with Crippen molar-refractivity contribution in [3.63, 3.8) is 0 Å². The summed E-state index contributed by atoms with van der Waals surface area (Å²) in [4.78, 5) is 29.2. The normalized spacial score (nSPS) is 10.8. The molecule has 4 aromatic rings. The van der Waals surface area contributed by atoms with Crippen molar-refractivity contribution in [2.24, 2.45) is 0 Å². The number of esters is 1. The predicted molar refractivity (Wildman–Crippen MR) is 128 cm³/mol. The van der Waals surface area contributed by atoms with Crippen molar-refractivity contribution < 1.29 is 14.3 Å². The Hall–Kier alpha value is -4.13. The smallest absolute Gasteiger partial charge is 0.338 e. The predicted octanol–water partition coefficient (Wildman–Crippen LogP) is 4.29. The third kappa shape index (κ3) is 4.72. The van der Waals surface area contributed by atoms with Gasteiger partial charge in [0.25, 0.3) is 5.56 Å². The molecule has 2 aromatic heterocycles. The zero-order valence-electron chi connectivity index (χ0n) is 18.4. The first-order valence-corrected chi connectivity index (χ1v) is 10.8. The highest BCUT2D eigenvalue weighted by Crippen LogP contribution is 2.33. The van der Waals surface area contributed by atoms with Crippen LogP contribution in [0.4, 0.5) is 5.69 Å². The molecule has 0 fully saturated rings. The van der Waals surface area contributed by atoms with Gasteiger partial charge in [0.2, 0.25) is 0 Å². The second-order valence-corrected chi connectivity index (χ2v) is 7.44. The highest BCUT2D eigenvalue weighted by atomic mass is 16.5. The molecule has 7 heteroatoms. The van der Waals surface area contributed by atoms with Gasteiger partial charge in [0.05, 0.1) is 18.8 Å². The summed E-state index contributed by atoms with van der Waals surface area (Å²) in [5.41, 5.74) is 8.74. The average molecular weight is 444 g/mol. The molecule has 0 amide bonds. The summed E-state index contributed by atoms with van der Waals surface area (Å²) in [5.74, 6) is 0.286. The summed E-state index contributed by atoms with van der Waals surface area (Å²) in [6.45, 7) is 3.00. The molecule has 0 atom stereocenters. The Balaban J connectivity index is 1.47. The zero-order chi connectivity index (χ0) is 23.2. The Morgan fingerprint density at radius 2 is 1.85 bits per heavy atom. The third-order valence-corrected chi connectivity index (χ3v) is 5.30. The van der Waals surface area contributed by atoms with Gasteiger partial charge in [0.15, 0.2) is 0 Å². The number of anilines is 1. The topological polar surface area (TPSA) is 96.4 Å². The van der Waals surface area contributed by atoms with E-state index in [0.717, 1.165) is 10.9 Å². The fraction of sp³-hybridized carbons (Fsp3) is 0.192. The summed E-state index contributed by atoms with van der Waals surface area (Å²) < 4.78 is 12.7. The zero-order valence-corrected chi connectivity index (χ0v) is 18.4.